The van der Waals surface area contributed by atoms with Crippen LogP contribution in [0.1, 0.15) is 17.4 Å². The van der Waals surface area contributed by atoms with Gasteiger partial charge in [-0.05, 0) is 18.2 Å². The molecule has 0 fully saturated rings. The highest BCUT2D eigenvalue weighted by molar-refractivity contribution is 9.10. The van der Waals surface area contributed by atoms with E-state index in [0.29, 0.717) is 21.3 Å². The summed E-state index contributed by atoms with van der Waals surface area (Å²) in [6.45, 7) is 0. The molecule has 3 nitrogen and oxygen atoms in total. The normalized spacial score (nSPS) is 12.8. The number of benzene rings is 1. The van der Waals surface area contributed by atoms with Crippen LogP contribution in [0.5, 0.6) is 0 Å². The second-order valence-electron chi connectivity index (χ2n) is 3.57. The fourth-order valence-electron chi connectivity index (χ4n) is 1.60. The minimum Gasteiger partial charge on any atom is -0.382 e. The van der Waals surface area contributed by atoms with Crippen molar-refractivity contribution in [3.63, 3.8) is 0 Å². The smallest absolute Gasteiger partial charge is 0.123 e. The van der Waals surface area contributed by atoms with Gasteiger partial charge in [-0.25, -0.2) is 0 Å². The first-order valence-corrected chi connectivity index (χ1v) is 6.36. The van der Waals surface area contributed by atoms with E-state index in [2.05, 4.69) is 21.0 Å². The van der Waals surface area contributed by atoms with Crippen molar-refractivity contribution in [2.24, 2.45) is 7.05 Å². The summed E-state index contributed by atoms with van der Waals surface area (Å²) in [4.78, 5) is 0. The zero-order valence-corrected chi connectivity index (χ0v) is 12.0. The third-order valence-electron chi connectivity index (χ3n) is 2.45. The summed E-state index contributed by atoms with van der Waals surface area (Å²) in [6, 6.07) is 5.22. The zero-order chi connectivity index (χ0) is 12.6. The summed E-state index contributed by atoms with van der Waals surface area (Å²) in [5, 5.41) is 15.3. The molecule has 0 saturated carbocycles. The molecular formula is C11H9BrCl2N2O. The van der Waals surface area contributed by atoms with Gasteiger partial charge in [-0.2, -0.15) is 5.10 Å². The molecule has 1 aromatic heterocycles. The average molecular weight is 336 g/mol. The highest BCUT2D eigenvalue weighted by Crippen LogP contribution is 2.33. The van der Waals surface area contributed by atoms with Crippen LogP contribution in [0.2, 0.25) is 10.0 Å². The Morgan fingerprint density at radius 1 is 1.41 bits per heavy atom. The topological polar surface area (TPSA) is 38.0 Å². The van der Waals surface area contributed by atoms with Crippen molar-refractivity contribution < 1.29 is 5.11 Å². The minimum atomic E-state index is -0.872. The first kappa shape index (κ1) is 12.9. The lowest BCUT2D eigenvalue weighted by molar-refractivity contribution is 0.209. The molecule has 1 unspecified atom stereocenters. The molecule has 6 heteroatoms. The molecule has 0 amide bonds. The van der Waals surface area contributed by atoms with Gasteiger partial charge in [0.25, 0.3) is 0 Å². The highest BCUT2D eigenvalue weighted by Gasteiger charge is 2.20. The van der Waals surface area contributed by atoms with Crippen LogP contribution in [-0.4, -0.2) is 14.9 Å². The van der Waals surface area contributed by atoms with Crippen molar-refractivity contribution in [3.05, 3.63) is 50.2 Å². The molecule has 1 aromatic carbocycles. The van der Waals surface area contributed by atoms with Gasteiger partial charge in [0.1, 0.15) is 6.10 Å². The molecular weight excluding hydrogens is 327 g/mol. The van der Waals surface area contributed by atoms with Gasteiger partial charge in [-0.1, -0.05) is 39.1 Å². The summed E-state index contributed by atoms with van der Waals surface area (Å²) in [7, 11) is 1.73. The molecule has 2 rings (SSSR count). The largest absolute Gasteiger partial charge is 0.382 e. The zero-order valence-electron chi connectivity index (χ0n) is 8.86. The van der Waals surface area contributed by atoms with Crippen molar-refractivity contribution in [1.29, 1.82) is 0 Å². The van der Waals surface area contributed by atoms with Gasteiger partial charge in [0, 0.05) is 22.1 Å². The molecule has 1 N–H and O–H groups in total. The van der Waals surface area contributed by atoms with E-state index in [1.165, 1.54) is 6.20 Å². The maximum atomic E-state index is 10.3. The summed E-state index contributed by atoms with van der Waals surface area (Å²) in [5.41, 5.74) is 1.19. The summed E-state index contributed by atoms with van der Waals surface area (Å²) < 4.78 is 2.31. The van der Waals surface area contributed by atoms with E-state index in [-0.39, 0.29) is 0 Å². The van der Waals surface area contributed by atoms with Gasteiger partial charge in [-0.3, -0.25) is 4.68 Å². The lowest BCUT2D eigenvalue weighted by Crippen LogP contribution is -2.07. The van der Waals surface area contributed by atoms with Crippen molar-refractivity contribution in [2.45, 2.75) is 6.10 Å². The summed E-state index contributed by atoms with van der Waals surface area (Å²) in [6.07, 6.45) is 0.626. The minimum absolute atomic E-state index is 0.423. The van der Waals surface area contributed by atoms with Gasteiger partial charge < -0.3 is 5.11 Å². The third kappa shape index (κ3) is 2.50. The molecule has 1 heterocycles. The fraction of sp³-hybridized carbons (Fsp3) is 0.182. The number of aromatic nitrogens is 2. The first-order valence-electron chi connectivity index (χ1n) is 4.81. The van der Waals surface area contributed by atoms with Crippen LogP contribution in [0.4, 0.5) is 0 Å². The molecule has 0 radical (unpaired) electrons. The number of hydrogen-bond donors (Lipinski definition) is 1. The Balaban J connectivity index is 2.50. The number of rotatable bonds is 2. The predicted molar refractivity (Wildman–Crippen MR) is 71.4 cm³/mol. The van der Waals surface area contributed by atoms with E-state index < -0.39 is 6.10 Å². The monoisotopic (exact) mass is 334 g/mol. The van der Waals surface area contributed by atoms with Crippen LogP contribution >= 0.6 is 39.1 Å². The average Bonchev–Trinajstić information content (AvgIpc) is 2.61. The number of halogens is 3. The SMILES string of the molecule is Cn1ncc(Cl)c1C(O)c1cc(Cl)ccc1Br. The van der Waals surface area contributed by atoms with Gasteiger partial charge in [0.15, 0.2) is 0 Å². The Morgan fingerprint density at radius 2 is 2.12 bits per heavy atom. The molecule has 0 aliphatic rings. The van der Waals surface area contributed by atoms with Crippen LogP contribution in [0.15, 0.2) is 28.9 Å². The number of aliphatic hydroxyl groups excluding tert-OH is 1. The van der Waals surface area contributed by atoms with E-state index in [1.807, 2.05) is 0 Å². The van der Waals surface area contributed by atoms with Gasteiger partial charge >= 0.3 is 0 Å². The Kier molecular flexibility index (Phi) is 3.78. The lowest BCUT2D eigenvalue weighted by Gasteiger charge is -2.14. The number of nitrogens with zero attached hydrogens (tertiary/aromatic N) is 2. The summed E-state index contributed by atoms with van der Waals surface area (Å²) in [5.74, 6) is 0. The second-order valence-corrected chi connectivity index (χ2v) is 5.27. The van der Waals surface area contributed by atoms with Crippen LogP contribution in [0.3, 0.4) is 0 Å². The van der Waals surface area contributed by atoms with Crippen LogP contribution in [0.25, 0.3) is 0 Å². The highest BCUT2D eigenvalue weighted by atomic mass is 79.9. The molecule has 0 bridgehead atoms. The van der Waals surface area contributed by atoms with Crippen molar-refractivity contribution in [2.75, 3.05) is 0 Å². The molecule has 90 valence electrons. The molecule has 0 spiro atoms. The van der Waals surface area contributed by atoms with Gasteiger partial charge in [0.05, 0.1) is 16.9 Å². The van der Waals surface area contributed by atoms with Crippen molar-refractivity contribution in [3.8, 4) is 0 Å². The first-order chi connectivity index (χ1) is 8.00. The van der Waals surface area contributed by atoms with Gasteiger partial charge in [0.2, 0.25) is 0 Å². The molecule has 2 aromatic rings. The number of aryl methyl sites for hydroxylation is 1. The van der Waals surface area contributed by atoms with E-state index in [4.69, 9.17) is 23.2 Å². The van der Waals surface area contributed by atoms with E-state index in [1.54, 1.807) is 29.9 Å². The van der Waals surface area contributed by atoms with E-state index in [9.17, 15) is 5.11 Å². The maximum Gasteiger partial charge on any atom is 0.123 e. The Bertz CT molecular complexity index is 537. The fourth-order valence-corrected chi connectivity index (χ4v) is 2.51. The molecule has 0 aliphatic heterocycles. The third-order valence-corrected chi connectivity index (χ3v) is 3.70. The second kappa shape index (κ2) is 4.98. The Labute approximate surface area is 117 Å². The van der Waals surface area contributed by atoms with Gasteiger partial charge in [-0.15, -0.1) is 0 Å². The molecule has 0 saturated heterocycles. The van der Waals surface area contributed by atoms with Crippen molar-refractivity contribution in [1.82, 2.24) is 9.78 Å². The van der Waals surface area contributed by atoms with Crippen molar-refractivity contribution >= 4 is 39.1 Å². The Hall–Kier alpha value is -0.550. The molecule has 0 aliphatic carbocycles. The van der Waals surface area contributed by atoms with E-state index >= 15 is 0 Å². The van der Waals surface area contributed by atoms with Crippen LogP contribution < -0.4 is 0 Å². The lowest BCUT2D eigenvalue weighted by atomic mass is 10.1. The quantitative estimate of drug-likeness (QED) is 0.911. The predicted octanol–water partition coefficient (Wildman–Crippen LogP) is 3.57. The molecule has 17 heavy (non-hydrogen) atoms. The van der Waals surface area contributed by atoms with Crippen LogP contribution in [0, 0.1) is 0 Å². The molecule has 1 atom stereocenters. The maximum absolute atomic E-state index is 10.3. The van der Waals surface area contributed by atoms with E-state index in [0.717, 1.165) is 4.47 Å². The Morgan fingerprint density at radius 3 is 2.71 bits per heavy atom. The number of aliphatic hydroxyl groups is 1. The number of hydrogen-bond acceptors (Lipinski definition) is 2. The summed E-state index contributed by atoms with van der Waals surface area (Å²) >= 11 is 15.3. The standard InChI is InChI=1S/C11H9BrCl2N2O/c1-16-10(9(14)5-15-16)11(17)7-4-6(13)2-3-8(7)12/h2-5,11,17H,1H3. The van der Waals surface area contributed by atoms with Crippen LogP contribution in [-0.2, 0) is 7.05 Å².